The zero-order valence-corrected chi connectivity index (χ0v) is 20.2. The van der Waals surface area contributed by atoms with Crippen molar-refractivity contribution in [2.24, 2.45) is 0 Å². The van der Waals surface area contributed by atoms with E-state index in [-0.39, 0.29) is 22.6 Å². The number of benzene rings is 2. The third kappa shape index (κ3) is 4.25. The number of anilines is 1. The van der Waals surface area contributed by atoms with Crippen LogP contribution >= 0.6 is 15.9 Å². The van der Waals surface area contributed by atoms with Crippen LogP contribution in [0.25, 0.3) is 0 Å². The van der Waals surface area contributed by atoms with E-state index in [1.54, 1.807) is 17.0 Å². The zero-order chi connectivity index (χ0) is 22.2. The van der Waals surface area contributed by atoms with E-state index in [0.717, 1.165) is 47.8 Å². The predicted molar refractivity (Wildman–Crippen MR) is 124 cm³/mol. The molecule has 0 aromatic heterocycles. The van der Waals surface area contributed by atoms with Gasteiger partial charge in [-0.05, 0) is 68.1 Å². The fourth-order valence-corrected chi connectivity index (χ4v) is 6.59. The monoisotopic (exact) mass is 506 g/mol. The van der Waals surface area contributed by atoms with Crippen molar-refractivity contribution in [2.45, 2.75) is 50.0 Å². The minimum Gasteiger partial charge on any atom is -0.495 e. The third-order valence-corrected chi connectivity index (χ3v) is 8.48. The summed E-state index contributed by atoms with van der Waals surface area (Å²) >= 11 is 3.49. The summed E-state index contributed by atoms with van der Waals surface area (Å²) in [5, 5.41) is 0. The number of carbonyl (C=O) groups is 1. The number of ether oxygens (including phenoxy) is 1. The van der Waals surface area contributed by atoms with Crippen molar-refractivity contribution in [3.8, 4) is 5.75 Å². The average Bonchev–Trinajstić information content (AvgIpc) is 2.92. The molecule has 6 nitrogen and oxygen atoms in total. The number of methoxy groups -OCH3 is 1. The number of carbonyl (C=O) groups excluding carboxylic acids is 1. The van der Waals surface area contributed by atoms with Crippen LogP contribution in [-0.2, 0) is 16.4 Å². The van der Waals surface area contributed by atoms with Crippen molar-refractivity contribution in [3.05, 3.63) is 52.0 Å². The molecule has 0 radical (unpaired) electrons. The predicted octanol–water partition coefficient (Wildman–Crippen LogP) is 4.61. The molecule has 1 atom stereocenters. The first-order chi connectivity index (χ1) is 14.8. The Morgan fingerprint density at radius 2 is 1.77 bits per heavy atom. The number of hydrogen-bond acceptors (Lipinski definition) is 4. The first-order valence-corrected chi connectivity index (χ1v) is 12.9. The van der Waals surface area contributed by atoms with Gasteiger partial charge in [0.2, 0.25) is 10.0 Å². The molecule has 0 bridgehead atoms. The highest BCUT2D eigenvalue weighted by Crippen LogP contribution is 2.36. The number of rotatable bonds is 4. The Balaban J connectivity index is 1.72. The molecule has 0 spiro atoms. The number of fused-ring (bicyclic) bond motifs is 1. The van der Waals surface area contributed by atoms with Crippen molar-refractivity contribution in [3.63, 3.8) is 0 Å². The summed E-state index contributed by atoms with van der Waals surface area (Å²) in [6.45, 7) is 2.99. The van der Waals surface area contributed by atoms with Gasteiger partial charge in [-0.1, -0.05) is 28.8 Å². The summed E-state index contributed by atoms with van der Waals surface area (Å²) in [6, 6.07) is 10.6. The Hall–Kier alpha value is -1.90. The molecular weight excluding hydrogens is 480 g/mol. The minimum absolute atomic E-state index is 0.00966. The van der Waals surface area contributed by atoms with Gasteiger partial charge in [-0.3, -0.25) is 4.79 Å². The highest BCUT2D eigenvalue weighted by Gasteiger charge is 2.34. The van der Waals surface area contributed by atoms with E-state index in [9.17, 15) is 13.2 Å². The Morgan fingerprint density at radius 3 is 2.45 bits per heavy atom. The molecule has 8 heteroatoms. The first-order valence-electron chi connectivity index (χ1n) is 10.6. The molecule has 166 valence electrons. The van der Waals surface area contributed by atoms with Gasteiger partial charge in [0, 0.05) is 34.9 Å². The van der Waals surface area contributed by atoms with Gasteiger partial charge in [-0.2, -0.15) is 4.31 Å². The van der Waals surface area contributed by atoms with Crippen LogP contribution in [0.1, 0.15) is 48.5 Å². The molecule has 2 aliphatic heterocycles. The van der Waals surface area contributed by atoms with E-state index >= 15 is 0 Å². The van der Waals surface area contributed by atoms with Crippen LogP contribution < -0.4 is 9.64 Å². The van der Waals surface area contributed by atoms with E-state index in [2.05, 4.69) is 15.9 Å². The summed E-state index contributed by atoms with van der Waals surface area (Å²) in [6.07, 6.45) is 4.51. The maximum absolute atomic E-state index is 13.5. The molecule has 4 rings (SSSR count). The van der Waals surface area contributed by atoms with Crippen LogP contribution in [0.3, 0.4) is 0 Å². The minimum atomic E-state index is -3.76. The SMILES string of the molecule is COc1ccc(C(=O)N2c3ccc(Br)cc3C[C@@H]2C)cc1S(=O)(=O)N1CCCCCC1. The molecule has 0 unspecified atom stereocenters. The van der Waals surface area contributed by atoms with E-state index in [1.165, 1.54) is 17.5 Å². The molecule has 0 aliphatic carbocycles. The first kappa shape index (κ1) is 22.3. The number of nitrogens with zero attached hydrogens (tertiary/aromatic N) is 2. The molecular formula is C23H27BrN2O4S. The lowest BCUT2D eigenvalue weighted by atomic mass is 10.1. The van der Waals surface area contributed by atoms with Crippen LogP contribution in [0.5, 0.6) is 5.75 Å². The Kier molecular flexibility index (Phi) is 6.42. The Morgan fingerprint density at radius 1 is 1.06 bits per heavy atom. The lowest BCUT2D eigenvalue weighted by molar-refractivity contribution is 0.0981. The number of amides is 1. The summed E-state index contributed by atoms with van der Waals surface area (Å²) in [5.41, 5.74) is 2.31. The lowest BCUT2D eigenvalue weighted by Gasteiger charge is -2.24. The van der Waals surface area contributed by atoms with E-state index < -0.39 is 10.0 Å². The molecule has 1 saturated heterocycles. The van der Waals surface area contributed by atoms with E-state index in [4.69, 9.17) is 4.74 Å². The van der Waals surface area contributed by atoms with Gasteiger partial charge in [0.25, 0.3) is 5.91 Å². The van der Waals surface area contributed by atoms with Gasteiger partial charge in [-0.15, -0.1) is 0 Å². The fourth-order valence-electron chi connectivity index (χ4n) is 4.48. The van der Waals surface area contributed by atoms with Crippen LogP contribution in [-0.4, -0.2) is 44.9 Å². The summed E-state index contributed by atoms with van der Waals surface area (Å²) in [5.74, 6) is 0.0585. The summed E-state index contributed by atoms with van der Waals surface area (Å²) in [4.78, 5) is 15.3. The van der Waals surface area contributed by atoms with Gasteiger partial charge >= 0.3 is 0 Å². The van der Waals surface area contributed by atoms with Crippen molar-refractivity contribution >= 4 is 37.5 Å². The van der Waals surface area contributed by atoms with Gasteiger partial charge in [0.15, 0.2) is 0 Å². The summed E-state index contributed by atoms with van der Waals surface area (Å²) < 4.78 is 34.7. The molecule has 31 heavy (non-hydrogen) atoms. The van der Waals surface area contributed by atoms with Crippen LogP contribution in [0.2, 0.25) is 0 Å². The second kappa shape index (κ2) is 8.92. The van der Waals surface area contributed by atoms with Crippen LogP contribution in [0, 0.1) is 0 Å². The molecule has 2 aliphatic rings. The molecule has 2 aromatic rings. The van der Waals surface area contributed by atoms with Crippen LogP contribution in [0.15, 0.2) is 45.8 Å². The number of hydrogen-bond donors (Lipinski definition) is 0. The maximum Gasteiger partial charge on any atom is 0.258 e. The normalized spacial score (nSPS) is 19.7. The molecule has 2 heterocycles. The standard InChI is InChI=1S/C23H27BrN2O4S/c1-16-13-18-14-19(24)8-9-20(18)26(16)23(27)17-7-10-21(30-2)22(15-17)31(28,29)25-11-5-3-4-6-12-25/h7-10,14-16H,3-6,11-13H2,1-2H3/t16-/m0/s1. The van der Waals surface area contributed by atoms with Gasteiger partial charge in [-0.25, -0.2) is 8.42 Å². The van der Waals surface area contributed by atoms with Crippen molar-refractivity contribution in [1.82, 2.24) is 4.31 Å². The Labute approximate surface area is 192 Å². The maximum atomic E-state index is 13.5. The molecule has 1 fully saturated rings. The van der Waals surface area contributed by atoms with Crippen molar-refractivity contribution in [2.75, 3.05) is 25.1 Å². The Bertz CT molecular complexity index is 1090. The fraction of sp³-hybridized carbons (Fsp3) is 0.435. The van der Waals surface area contributed by atoms with Gasteiger partial charge in [0.05, 0.1) is 7.11 Å². The second-order valence-corrected chi connectivity index (χ2v) is 11.0. The zero-order valence-electron chi connectivity index (χ0n) is 17.8. The van der Waals surface area contributed by atoms with Crippen LogP contribution in [0.4, 0.5) is 5.69 Å². The molecule has 2 aromatic carbocycles. The lowest BCUT2D eigenvalue weighted by Crippen LogP contribution is -2.36. The van der Waals surface area contributed by atoms with E-state index in [0.29, 0.717) is 18.7 Å². The quantitative estimate of drug-likeness (QED) is 0.606. The molecule has 1 amide bonds. The highest BCUT2D eigenvalue weighted by molar-refractivity contribution is 9.10. The molecule has 0 saturated carbocycles. The third-order valence-electron chi connectivity index (χ3n) is 6.07. The number of halogens is 1. The van der Waals surface area contributed by atoms with Gasteiger partial charge in [0.1, 0.15) is 10.6 Å². The summed E-state index contributed by atoms with van der Waals surface area (Å²) in [7, 11) is -2.30. The van der Waals surface area contributed by atoms with E-state index in [1.807, 2.05) is 25.1 Å². The second-order valence-electron chi connectivity index (χ2n) is 8.19. The van der Waals surface area contributed by atoms with Crippen molar-refractivity contribution in [1.29, 1.82) is 0 Å². The van der Waals surface area contributed by atoms with Gasteiger partial charge < -0.3 is 9.64 Å². The smallest absolute Gasteiger partial charge is 0.258 e. The highest BCUT2D eigenvalue weighted by atomic mass is 79.9. The number of sulfonamides is 1. The topological polar surface area (TPSA) is 66.9 Å². The van der Waals surface area contributed by atoms with Crippen molar-refractivity contribution < 1.29 is 17.9 Å². The average molecular weight is 507 g/mol. The molecule has 0 N–H and O–H groups in total. The largest absolute Gasteiger partial charge is 0.495 e.